The topological polar surface area (TPSA) is 67.3 Å². The molecule has 7 heteroatoms. The summed E-state index contributed by atoms with van der Waals surface area (Å²) < 4.78 is 4.55. The summed E-state index contributed by atoms with van der Waals surface area (Å²) in [5.74, 6) is 0.795. The Bertz CT molecular complexity index is 451. The van der Waals surface area contributed by atoms with Crippen LogP contribution >= 0.6 is 11.6 Å². The van der Waals surface area contributed by atoms with E-state index in [1.807, 2.05) is 20.8 Å². The predicted molar refractivity (Wildman–Crippen MR) is 83.6 cm³/mol. The number of aromatic nitrogens is 2. The van der Waals surface area contributed by atoms with Crippen molar-refractivity contribution in [1.29, 1.82) is 0 Å². The molecule has 2 rings (SSSR count). The van der Waals surface area contributed by atoms with E-state index in [1.54, 1.807) is 12.4 Å². The lowest BCUT2D eigenvalue weighted by Crippen LogP contribution is -2.50. The van der Waals surface area contributed by atoms with Crippen LogP contribution in [-0.4, -0.2) is 47.7 Å². The van der Waals surface area contributed by atoms with Gasteiger partial charge in [0, 0.05) is 38.1 Å². The lowest BCUT2D eigenvalue weighted by atomic mass is 10.2. The maximum Gasteiger partial charge on any atom is 0.293 e. The van der Waals surface area contributed by atoms with E-state index in [4.69, 9.17) is 11.6 Å². The van der Waals surface area contributed by atoms with Crippen LogP contribution in [0.4, 0.5) is 5.82 Å². The Labute approximate surface area is 130 Å². The first-order valence-corrected chi connectivity index (χ1v) is 7.28. The summed E-state index contributed by atoms with van der Waals surface area (Å²) in [7, 11) is 0. The van der Waals surface area contributed by atoms with Gasteiger partial charge in [-0.2, -0.15) is 0 Å². The fourth-order valence-electron chi connectivity index (χ4n) is 1.81. The summed E-state index contributed by atoms with van der Waals surface area (Å²) in [5.41, 5.74) is -0.318. The molecule has 6 nitrogen and oxygen atoms in total. The second kappa shape index (κ2) is 8.14. The Morgan fingerprint density at radius 1 is 1.43 bits per heavy atom. The summed E-state index contributed by atoms with van der Waals surface area (Å²) in [6, 6.07) is 0.415. The van der Waals surface area contributed by atoms with Crippen molar-refractivity contribution in [2.75, 3.05) is 24.5 Å². The van der Waals surface area contributed by atoms with Gasteiger partial charge in [-0.25, -0.2) is 9.97 Å². The van der Waals surface area contributed by atoms with Crippen molar-refractivity contribution in [3.63, 3.8) is 0 Å². The van der Waals surface area contributed by atoms with Crippen LogP contribution in [0.3, 0.4) is 0 Å². The summed E-state index contributed by atoms with van der Waals surface area (Å²) in [6.07, 6.45) is 3.29. The maximum absolute atomic E-state index is 9.60. The second-order valence-electron chi connectivity index (χ2n) is 5.74. The number of halogens is 1. The minimum absolute atomic E-state index is 0.318. The van der Waals surface area contributed by atoms with Gasteiger partial charge in [-0.15, -0.1) is 0 Å². The van der Waals surface area contributed by atoms with Crippen molar-refractivity contribution in [1.82, 2.24) is 15.3 Å². The summed E-state index contributed by atoms with van der Waals surface area (Å²) in [5, 5.41) is 3.81. The highest BCUT2D eigenvalue weighted by Gasteiger charge is 2.21. The Hall–Kier alpha value is -1.40. The average Bonchev–Trinajstić information content (AvgIpc) is 2.40. The van der Waals surface area contributed by atoms with Gasteiger partial charge in [0.25, 0.3) is 6.47 Å². The van der Waals surface area contributed by atoms with E-state index < -0.39 is 0 Å². The summed E-state index contributed by atoms with van der Waals surface area (Å²) >= 11 is 5.99. The average molecular weight is 315 g/mol. The van der Waals surface area contributed by atoms with Gasteiger partial charge in [-0.1, -0.05) is 11.6 Å². The van der Waals surface area contributed by atoms with Crippen LogP contribution in [-0.2, 0) is 9.53 Å². The third kappa shape index (κ3) is 6.27. The van der Waals surface area contributed by atoms with Crippen LogP contribution in [0.5, 0.6) is 0 Å². The van der Waals surface area contributed by atoms with Crippen LogP contribution in [0.15, 0.2) is 12.4 Å². The number of ether oxygens (including phenoxy) is 1. The van der Waals surface area contributed by atoms with E-state index in [-0.39, 0.29) is 5.60 Å². The third-order valence-corrected chi connectivity index (χ3v) is 3.08. The van der Waals surface area contributed by atoms with Crippen LogP contribution in [0, 0.1) is 0 Å². The van der Waals surface area contributed by atoms with Gasteiger partial charge in [0.1, 0.15) is 5.60 Å². The van der Waals surface area contributed by atoms with Gasteiger partial charge in [0.05, 0.1) is 0 Å². The minimum atomic E-state index is -0.318. The zero-order chi connectivity index (χ0) is 15.9. The number of nitrogens with one attached hydrogen (secondary N) is 1. The number of carbonyl (C=O) groups excluding carboxylic acids is 1. The van der Waals surface area contributed by atoms with Gasteiger partial charge in [0.2, 0.25) is 0 Å². The van der Waals surface area contributed by atoms with E-state index in [1.165, 1.54) is 0 Å². The number of nitrogens with zero attached hydrogens (tertiary/aromatic N) is 3. The Morgan fingerprint density at radius 2 is 2.10 bits per heavy atom. The molecule has 0 aromatic carbocycles. The first-order valence-electron chi connectivity index (χ1n) is 6.90. The van der Waals surface area contributed by atoms with Gasteiger partial charge < -0.3 is 15.0 Å². The molecule has 1 aromatic heterocycles. The van der Waals surface area contributed by atoms with Crippen molar-refractivity contribution in [3.8, 4) is 0 Å². The van der Waals surface area contributed by atoms with Gasteiger partial charge in [-0.3, -0.25) is 4.79 Å². The van der Waals surface area contributed by atoms with Gasteiger partial charge in [0.15, 0.2) is 11.0 Å². The third-order valence-electron chi connectivity index (χ3n) is 2.81. The fourth-order valence-corrected chi connectivity index (χ4v) is 2.02. The molecule has 1 aromatic rings. The van der Waals surface area contributed by atoms with E-state index in [2.05, 4.69) is 31.8 Å². The molecule has 1 atom stereocenters. The normalized spacial score (nSPS) is 18.5. The molecule has 1 N–H and O–H groups in total. The lowest BCUT2D eigenvalue weighted by Gasteiger charge is -2.34. The van der Waals surface area contributed by atoms with Crippen molar-refractivity contribution in [2.24, 2.45) is 0 Å². The monoisotopic (exact) mass is 314 g/mol. The van der Waals surface area contributed by atoms with Gasteiger partial charge >= 0.3 is 0 Å². The zero-order valence-electron chi connectivity index (χ0n) is 13.0. The van der Waals surface area contributed by atoms with E-state index in [9.17, 15) is 4.79 Å². The Balaban J connectivity index is 0.000000270. The molecule has 21 heavy (non-hydrogen) atoms. The molecule has 1 aliphatic rings. The summed E-state index contributed by atoms with van der Waals surface area (Å²) in [6.45, 7) is 10.9. The van der Waals surface area contributed by atoms with Crippen LogP contribution in [0.1, 0.15) is 27.7 Å². The van der Waals surface area contributed by atoms with Crippen LogP contribution in [0.25, 0.3) is 0 Å². The van der Waals surface area contributed by atoms with Crippen LogP contribution in [0.2, 0.25) is 5.15 Å². The molecular formula is C14H23ClN4O2. The molecule has 1 fully saturated rings. The highest BCUT2D eigenvalue weighted by atomic mass is 35.5. The highest BCUT2D eigenvalue weighted by Crippen LogP contribution is 2.22. The second-order valence-corrected chi connectivity index (χ2v) is 6.10. The van der Waals surface area contributed by atoms with Gasteiger partial charge in [-0.05, 0) is 27.7 Å². The minimum Gasteiger partial charge on any atom is -0.462 e. The van der Waals surface area contributed by atoms with Crippen molar-refractivity contribution in [2.45, 2.75) is 39.3 Å². The van der Waals surface area contributed by atoms with Crippen molar-refractivity contribution < 1.29 is 9.53 Å². The molecule has 0 radical (unpaired) electrons. The molecule has 0 bridgehead atoms. The highest BCUT2D eigenvalue weighted by molar-refractivity contribution is 6.31. The quantitative estimate of drug-likeness (QED) is 0.841. The molecule has 1 unspecified atom stereocenters. The zero-order valence-corrected chi connectivity index (χ0v) is 13.7. The smallest absolute Gasteiger partial charge is 0.293 e. The predicted octanol–water partition coefficient (Wildman–Crippen LogP) is 1.89. The maximum atomic E-state index is 9.60. The fraction of sp³-hybridized carbons (Fsp3) is 0.643. The molecule has 0 saturated carbocycles. The first-order chi connectivity index (χ1) is 9.85. The molecule has 2 heterocycles. The Morgan fingerprint density at radius 3 is 2.57 bits per heavy atom. The molecular weight excluding hydrogens is 292 g/mol. The number of hydrogen-bond acceptors (Lipinski definition) is 6. The van der Waals surface area contributed by atoms with E-state index in [0.29, 0.717) is 17.7 Å². The number of carbonyl (C=O) groups is 1. The number of piperazine rings is 1. The number of anilines is 1. The molecule has 118 valence electrons. The Kier molecular flexibility index (Phi) is 6.84. The SMILES string of the molecule is CC(C)(C)OC=O.CC1CNCCN1c1nccnc1Cl. The molecule has 0 aliphatic carbocycles. The van der Waals surface area contributed by atoms with Crippen LogP contribution < -0.4 is 10.2 Å². The first kappa shape index (κ1) is 17.7. The largest absolute Gasteiger partial charge is 0.462 e. The van der Waals surface area contributed by atoms with Crippen molar-refractivity contribution in [3.05, 3.63) is 17.5 Å². The number of rotatable bonds is 2. The molecule has 0 spiro atoms. The lowest BCUT2D eigenvalue weighted by molar-refractivity contribution is -0.138. The van der Waals surface area contributed by atoms with E-state index in [0.717, 1.165) is 25.5 Å². The van der Waals surface area contributed by atoms with E-state index >= 15 is 0 Å². The number of hydrogen-bond donors (Lipinski definition) is 1. The summed E-state index contributed by atoms with van der Waals surface area (Å²) in [4.78, 5) is 20.1. The molecule has 0 amide bonds. The van der Waals surface area contributed by atoms with Crippen molar-refractivity contribution >= 4 is 23.9 Å². The molecule has 1 aliphatic heterocycles. The molecule has 1 saturated heterocycles. The standard InChI is InChI=1S/C9H13ClN4.C5H10O2/c1-7-6-11-4-5-14(7)9-8(10)12-2-3-13-9;1-5(2,3)7-4-6/h2-3,7,11H,4-6H2,1H3;4H,1-3H3.